The van der Waals surface area contributed by atoms with E-state index in [4.69, 9.17) is 9.47 Å². The van der Waals surface area contributed by atoms with Crippen molar-refractivity contribution in [3.63, 3.8) is 0 Å². The van der Waals surface area contributed by atoms with Crippen LogP contribution in [0.2, 0.25) is 0 Å². The van der Waals surface area contributed by atoms with Gasteiger partial charge >= 0.3 is 0 Å². The van der Waals surface area contributed by atoms with Crippen molar-refractivity contribution in [3.05, 3.63) is 65.2 Å². The third kappa shape index (κ3) is 3.74. The van der Waals surface area contributed by atoms with Crippen LogP contribution >= 0.6 is 0 Å². The van der Waals surface area contributed by atoms with Crippen LogP contribution in [0.5, 0.6) is 11.5 Å². The van der Waals surface area contributed by atoms with Crippen molar-refractivity contribution < 1.29 is 14.3 Å². The van der Waals surface area contributed by atoms with E-state index in [0.29, 0.717) is 11.5 Å². The van der Waals surface area contributed by atoms with Gasteiger partial charge in [0.05, 0.1) is 20.3 Å². The average Bonchev–Trinajstić information content (AvgIpc) is 2.70. The molecule has 0 spiro atoms. The summed E-state index contributed by atoms with van der Waals surface area (Å²) in [7, 11) is 5.09. The molecule has 136 valence electrons. The van der Waals surface area contributed by atoms with E-state index in [-0.39, 0.29) is 11.9 Å². The van der Waals surface area contributed by atoms with Crippen molar-refractivity contribution in [3.8, 4) is 11.5 Å². The fourth-order valence-electron chi connectivity index (χ4n) is 3.53. The predicted octanol–water partition coefficient (Wildman–Crippen LogP) is 4.25. The lowest BCUT2D eigenvalue weighted by atomic mass is 9.87. The molecule has 4 nitrogen and oxygen atoms in total. The molecule has 26 heavy (non-hydrogen) atoms. The Hall–Kier alpha value is -2.75. The molecular weight excluding hydrogens is 326 g/mol. The molecule has 3 rings (SSSR count). The van der Waals surface area contributed by atoms with Crippen molar-refractivity contribution in [2.45, 2.75) is 25.3 Å². The van der Waals surface area contributed by atoms with E-state index in [1.54, 1.807) is 20.3 Å². The smallest absolute Gasteiger partial charge is 0.246 e. The molecule has 1 amide bonds. The summed E-state index contributed by atoms with van der Waals surface area (Å²) in [5.74, 6) is 1.32. The Labute approximate surface area is 155 Å². The van der Waals surface area contributed by atoms with Crippen LogP contribution in [-0.2, 0) is 11.2 Å². The summed E-state index contributed by atoms with van der Waals surface area (Å²) >= 11 is 0. The summed E-state index contributed by atoms with van der Waals surface area (Å²) in [6, 6.07) is 14.2. The van der Waals surface area contributed by atoms with Crippen molar-refractivity contribution in [1.82, 2.24) is 4.90 Å². The van der Waals surface area contributed by atoms with Crippen LogP contribution in [0.1, 0.15) is 35.6 Å². The number of likely N-dealkylation sites (N-methyl/N-ethyl adjacent to an activating group) is 1. The van der Waals surface area contributed by atoms with Crippen LogP contribution in [0.15, 0.2) is 48.5 Å². The highest BCUT2D eigenvalue weighted by atomic mass is 16.5. The Kier molecular flexibility index (Phi) is 5.61. The van der Waals surface area contributed by atoms with Crippen molar-refractivity contribution in [2.75, 3.05) is 21.3 Å². The minimum absolute atomic E-state index is 0.00138. The lowest BCUT2D eigenvalue weighted by Crippen LogP contribution is -2.32. The molecule has 0 aromatic heterocycles. The average molecular weight is 351 g/mol. The lowest BCUT2D eigenvalue weighted by Gasteiger charge is -2.32. The summed E-state index contributed by atoms with van der Waals surface area (Å²) in [5, 5.41) is 0. The number of benzene rings is 2. The van der Waals surface area contributed by atoms with E-state index in [9.17, 15) is 4.79 Å². The third-order valence-corrected chi connectivity index (χ3v) is 4.98. The minimum Gasteiger partial charge on any atom is -0.493 e. The summed E-state index contributed by atoms with van der Waals surface area (Å²) in [5.41, 5.74) is 3.52. The molecule has 1 aliphatic rings. The van der Waals surface area contributed by atoms with Gasteiger partial charge in [0.25, 0.3) is 0 Å². The monoisotopic (exact) mass is 351 g/mol. The van der Waals surface area contributed by atoms with Gasteiger partial charge in [-0.15, -0.1) is 0 Å². The SMILES string of the molecule is COc1ccc(/C=C/C(=O)N(C)C2CCCc3ccccc32)cc1OC. The number of carbonyl (C=O) groups excluding carboxylic acids is 1. The number of hydrogen-bond acceptors (Lipinski definition) is 3. The largest absolute Gasteiger partial charge is 0.493 e. The van der Waals surface area contributed by atoms with Crippen LogP contribution in [0.4, 0.5) is 0 Å². The maximum atomic E-state index is 12.7. The highest BCUT2D eigenvalue weighted by molar-refractivity contribution is 5.92. The first-order valence-corrected chi connectivity index (χ1v) is 8.88. The van der Waals surface area contributed by atoms with Crippen LogP contribution in [0.25, 0.3) is 6.08 Å². The quantitative estimate of drug-likeness (QED) is 0.756. The van der Waals surface area contributed by atoms with Crippen molar-refractivity contribution in [2.24, 2.45) is 0 Å². The first kappa shape index (κ1) is 18.1. The van der Waals surface area contributed by atoms with Gasteiger partial charge in [-0.05, 0) is 54.2 Å². The van der Waals surface area contributed by atoms with Crippen LogP contribution in [-0.4, -0.2) is 32.1 Å². The number of carbonyl (C=O) groups is 1. The van der Waals surface area contributed by atoms with Crippen molar-refractivity contribution >= 4 is 12.0 Å². The van der Waals surface area contributed by atoms with E-state index < -0.39 is 0 Å². The van der Waals surface area contributed by atoms with E-state index in [1.807, 2.05) is 36.2 Å². The Morgan fingerprint density at radius 2 is 1.88 bits per heavy atom. The highest BCUT2D eigenvalue weighted by Crippen LogP contribution is 2.33. The molecule has 0 heterocycles. The van der Waals surface area contributed by atoms with E-state index in [0.717, 1.165) is 24.8 Å². The third-order valence-electron chi connectivity index (χ3n) is 4.98. The first-order chi connectivity index (χ1) is 12.6. The molecule has 4 heteroatoms. The highest BCUT2D eigenvalue weighted by Gasteiger charge is 2.25. The Bertz CT molecular complexity index is 813. The number of amides is 1. The summed E-state index contributed by atoms with van der Waals surface area (Å²) < 4.78 is 10.6. The molecule has 1 aliphatic carbocycles. The van der Waals surface area contributed by atoms with Gasteiger partial charge in [0.1, 0.15) is 0 Å². The Morgan fingerprint density at radius 1 is 1.12 bits per heavy atom. The molecule has 0 aliphatic heterocycles. The molecule has 1 atom stereocenters. The molecule has 0 saturated heterocycles. The maximum Gasteiger partial charge on any atom is 0.246 e. The van der Waals surface area contributed by atoms with Gasteiger partial charge in [-0.3, -0.25) is 4.79 Å². The number of methoxy groups -OCH3 is 2. The summed E-state index contributed by atoms with van der Waals surface area (Å²) in [6.45, 7) is 0. The molecule has 2 aromatic rings. The number of nitrogens with zero attached hydrogens (tertiary/aromatic N) is 1. The molecule has 0 radical (unpaired) electrons. The normalized spacial score (nSPS) is 16.2. The Morgan fingerprint density at radius 3 is 2.65 bits per heavy atom. The van der Waals surface area contributed by atoms with E-state index in [2.05, 4.69) is 24.3 Å². The van der Waals surface area contributed by atoms with Crippen molar-refractivity contribution in [1.29, 1.82) is 0 Å². The Balaban J connectivity index is 1.75. The second-order valence-electron chi connectivity index (χ2n) is 6.50. The van der Waals surface area contributed by atoms with Gasteiger partial charge in [-0.1, -0.05) is 30.3 Å². The number of rotatable bonds is 5. The van der Waals surface area contributed by atoms with Crippen LogP contribution in [0, 0.1) is 0 Å². The second-order valence-corrected chi connectivity index (χ2v) is 6.50. The van der Waals surface area contributed by atoms with Gasteiger partial charge in [0, 0.05) is 13.1 Å². The lowest BCUT2D eigenvalue weighted by molar-refractivity contribution is -0.127. The predicted molar refractivity (Wildman–Crippen MR) is 103 cm³/mol. The first-order valence-electron chi connectivity index (χ1n) is 8.88. The maximum absolute atomic E-state index is 12.7. The molecule has 2 aromatic carbocycles. The van der Waals surface area contributed by atoms with Crippen LogP contribution < -0.4 is 9.47 Å². The fourth-order valence-corrected chi connectivity index (χ4v) is 3.53. The minimum atomic E-state index is 0.00138. The second kappa shape index (κ2) is 8.09. The molecular formula is C22H25NO3. The van der Waals surface area contributed by atoms with Gasteiger partial charge < -0.3 is 14.4 Å². The van der Waals surface area contributed by atoms with E-state index in [1.165, 1.54) is 11.1 Å². The molecule has 1 unspecified atom stereocenters. The van der Waals surface area contributed by atoms with Gasteiger partial charge in [-0.25, -0.2) is 0 Å². The number of hydrogen-bond donors (Lipinski definition) is 0. The zero-order chi connectivity index (χ0) is 18.5. The topological polar surface area (TPSA) is 38.8 Å². The van der Waals surface area contributed by atoms with Gasteiger partial charge in [-0.2, -0.15) is 0 Å². The standard InChI is InChI=1S/C22H25NO3/c1-23(19-10-6-8-17-7-4-5-9-18(17)19)22(24)14-12-16-11-13-20(25-2)21(15-16)26-3/h4-5,7,9,11-15,19H,6,8,10H2,1-3H3/b14-12+. The van der Waals surface area contributed by atoms with Gasteiger partial charge in [0.2, 0.25) is 5.91 Å². The fraction of sp³-hybridized carbons (Fsp3) is 0.318. The zero-order valence-electron chi connectivity index (χ0n) is 15.6. The van der Waals surface area contributed by atoms with E-state index >= 15 is 0 Å². The molecule has 0 saturated carbocycles. The number of aryl methyl sites for hydroxylation is 1. The zero-order valence-corrected chi connectivity index (χ0v) is 15.6. The summed E-state index contributed by atoms with van der Waals surface area (Å²) in [6.07, 6.45) is 6.65. The molecule has 0 bridgehead atoms. The van der Waals surface area contributed by atoms with Gasteiger partial charge in [0.15, 0.2) is 11.5 Å². The van der Waals surface area contributed by atoms with Crippen LogP contribution in [0.3, 0.4) is 0 Å². The molecule has 0 N–H and O–H groups in total. The number of fused-ring (bicyclic) bond motifs is 1. The molecule has 0 fully saturated rings. The summed E-state index contributed by atoms with van der Waals surface area (Å²) in [4.78, 5) is 14.5. The number of ether oxygens (including phenoxy) is 2.